The van der Waals surface area contributed by atoms with Crippen LogP contribution >= 0.6 is 11.8 Å². The van der Waals surface area contributed by atoms with Crippen molar-refractivity contribution >= 4 is 17.7 Å². The number of carboxylic acids is 1. The summed E-state index contributed by atoms with van der Waals surface area (Å²) < 4.78 is 1.52. The third kappa shape index (κ3) is 3.02. The van der Waals surface area contributed by atoms with Crippen molar-refractivity contribution in [3.05, 3.63) is 0 Å². The molecule has 13 heavy (non-hydrogen) atoms. The van der Waals surface area contributed by atoms with E-state index in [1.807, 2.05) is 6.92 Å². The van der Waals surface area contributed by atoms with E-state index in [4.69, 9.17) is 5.11 Å². The van der Waals surface area contributed by atoms with Crippen LogP contribution < -0.4 is 0 Å². The van der Waals surface area contributed by atoms with Gasteiger partial charge in [-0.2, -0.15) is 0 Å². The maximum absolute atomic E-state index is 10.4. The summed E-state index contributed by atoms with van der Waals surface area (Å²) in [6.45, 7) is 1.83. The van der Waals surface area contributed by atoms with Crippen molar-refractivity contribution in [3.63, 3.8) is 0 Å². The van der Waals surface area contributed by atoms with Gasteiger partial charge in [0, 0.05) is 12.3 Å². The molecule has 1 unspecified atom stereocenters. The van der Waals surface area contributed by atoms with Crippen LogP contribution in [-0.4, -0.2) is 36.5 Å². The van der Waals surface area contributed by atoms with E-state index >= 15 is 0 Å². The number of rotatable bonds is 4. The Balaban J connectivity index is 2.49. The minimum Gasteiger partial charge on any atom is -0.481 e. The molecule has 0 aromatic carbocycles. The number of hydrogen-bond donors (Lipinski definition) is 1. The predicted octanol–water partition coefficient (Wildman–Crippen LogP) is 0.165. The van der Waals surface area contributed by atoms with E-state index in [1.165, 1.54) is 16.4 Å². The maximum atomic E-state index is 10.4. The average molecular weight is 202 g/mol. The molecule has 1 N–H and O–H groups in total. The van der Waals surface area contributed by atoms with Gasteiger partial charge in [-0.05, 0) is 10.4 Å². The fourth-order valence-electron chi connectivity index (χ4n) is 0.789. The first-order valence-electron chi connectivity index (χ1n) is 3.70. The minimum absolute atomic E-state index is 0.0257. The summed E-state index contributed by atoms with van der Waals surface area (Å²) in [5.41, 5.74) is 0. The normalized spacial score (nSPS) is 12.8. The number of thioether (sulfide) groups is 1. The summed E-state index contributed by atoms with van der Waals surface area (Å²) >= 11 is 1.35. The monoisotopic (exact) mass is 202 g/mol. The van der Waals surface area contributed by atoms with E-state index in [1.54, 1.807) is 7.05 Å². The Morgan fingerprint density at radius 2 is 2.46 bits per heavy atom. The Hall–Kier alpha value is -1.11. The molecule has 1 aromatic rings. The number of carboxylic acid groups (broad SMARTS) is 1. The highest BCUT2D eigenvalue weighted by molar-refractivity contribution is 7.99. The second-order valence-corrected chi connectivity index (χ2v) is 4.02. The number of hydrogen-bond acceptors (Lipinski definition) is 5. The van der Waals surface area contributed by atoms with E-state index in [2.05, 4.69) is 15.5 Å². The molecule has 0 fully saturated rings. The summed E-state index contributed by atoms with van der Waals surface area (Å²) in [6, 6.07) is 0. The Morgan fingerprint density at radius 3 is 2.92 bits per heavy atom. The van der Waals surface area contributed by atoms with Gasteiger partial charge >= 0.3 is 5.97 Å². The Kier molecular flexibility index (Phi) is 3.24. The van der Waals surface area contributed by atoms with Gasteiger partial charge in [-0.15, -0.1) is 5.10 Å². The molecule has 0 spiro atoms. The lowest BCUT2D eigenvalue weighted by atomic mass is 10.3. The van der Waals surface area contributed by atoms with Gasteiger partial charge in [0.1, 0.15) is 0 Å². The lowest BCUT2D eigenvalue weighted by Crippen LogP contribution is -2.07. The van der Waals surface area contributed by atoms with E-state index in [-0.39, 0.29) is 11.7 Å². The van der Waals surface area contributed by atoms with Crippen LogP contribution in [0.15, 0.2) is 5.16 Å². The van der Waals surface area contributed by atoms with Crippen LogP contribution in [0.5, 0.6) is 0 Å². The van der Waals surface area contributed by atoms with Gasteiger partial charge in [-0.25, -0.2) is 4.68 Å². The third-order valence-corrected chi connectivity index (χ3v) is 2.48. The number of carbonyl (C=O) groups is 1. The highest BCUT2D eigenvalue weighted by Gasteiger charge is 2.12. The van der Waals surface area contributed by atoms with Crippen LogP contribution in [-0.2, 0) is 11.8 Å². The molecule has 72 valence electrons. The summed E-state index contributed by atoms with van der Waals surface area (Å²) in [4.78, 5) is 10.4. The Morgan fingerprint density at radius 1 is 1.77 bits per heavy atom. The molecule has 1 atom stereocenters. The smallest absolute Gasteiger partial charge is 0.304 e. The molecule has 0 radical (unpaired) electrons. The number of aromatic nitrogens is 4. The van der Waals surface area contributed by atoms with Gasteiger partial charge in [-0.1, -0.05) is 18.7 Å². The maximum Gasteiger partial charge on any atom is 0.304 e. The largest absolute Gasteiger partial charge is 0.481 e. The number of nitrogens with zero attached hydrogens (tertiary/aromatic N) is 4. The zero-order chi connectivity index (χ0) is 9.84. The van der Waals surface area contributed by atoms with Crippen LogP contribution in [0.1, 0.15) is 13.3 Å². The molecule has 0 aliphatic heterocycles. The van der Waals surface area contributed by atoms with E-state index < -0.39 is 5.97 Å². The molecule has 1 rings (SSSR count). The lowest BCUT2D eigenvalue weighted by Gasteiger charge is -2.05. The molecule has 0 aliphatic carbocycles. The standard InChI is InChI=1S/C6H10N4O2S/c1-4(3-5(11)12)13-6-7-8-9-10(6)2/h4H,3H2,1-2H3,(H,11,12). The van der Waals surface area contributed by atoms with Gasteiger partial charge in [0.15, 0.2) is 0 Å². The third-order valence-electron chi connectivity index (χ3n) is 1.35. The SMILES string of the molecule is CC(CC(=O)O)Sc1nnnn1C. The van der Waals surface area contributed by atoms with Crippen molar-refractivity contribution in [1.29, 1.82) is 0 Å². The zero-order valence-electron chi connectivity index (χ0n) is 7.34. The summed E-state index contributed by atoms with van der Waals surface area (Å²) in [5, 5.41) is 19.9. The minimum atomic E-state index is -0.810. The van der Waals surface area contributed by atoms with E-state index in [9.17, 15) is 4.79 Å². The van der Waals surface area contributed by atoms with Gasteiger partial charge in [-0.3, -0.25) is 4.79 Å². The number of aliphatic carboxylic acids is 1. The molecule has 0 amide bonds. The molecule has 0 aliphatic rings. The van der Waals surface area contributed by atoms with Crippen molar-refractivity contribution in [1.82, 2.24) is 20.2 Å². The van der Waals surface area contributed by atoms with Crippen LogP contribution in [0.2, 0.25) is 0 Å². The second kappa shape index (κ2) is 4.22. The average Bonchev–Trinajstić information content (AvgIpc) is 2.34. The van der Waals surface area contributed by atoms with E-state index in [0.29, 0.717) is 5.16 Å². The van der Waals surface area contributed by atoms with E-state index in [0.717, 1.165) is 0 Å². The van der Waals surface area contributed by atoms with Crippen molar-refractivity contribution in [3.8, 4) is 0 Å². The van der Waals surface area contributed by atoms with Gasteiger partial charge < -0.3 is 5.11 Å². The van der Waals surface area contributed by atoms with Crippen molar-refractivity contribution in [2.45, 2.75) is 23.8 Å². The molecule has 0 saturated carbocycles. The first kappa shape index (κ1) is 9.97. The summed E-state index contributed by atoms with van der Waals surface area (Å²) in [6.07, 6.45) is 0.109. The van der Waals surface area contributed by atoms with Crippen LogP contribution in [0.25, 0.3) is 0 Å². The van der Waals surface area contributed by atoms with Crippen LogP contribution in [0.4, 0.5) is 0 Å². The second-order valence-electron chi connectivity index (χ2n) is 2.61. The molecule has 0 saturated heterocycles. The topological polar surface area (TPSA) is 80.9 Å². The predicted molar refractivity (Wildman–Crippen MR) is 46.4 cm³/mol. The molecular weight excluding hydrogens is 192 g/mol. The first-order valence-corrected chi connectivity index (χ1v) is 4.58. The van der Waals surface area contributed by atoms with Gasteiger partial charge in [0.2, 0.25) is 5.16 Å². The van der Waals surface area contributed by atoms with Crippen molar-refractivity contribution < 1.29 is 9.90 Å². The molecule has 7 heteroatoms. The molecule has 6 nitrogen and oxygen atoms in total. The van der Waals surface area contributed by atoms with Crippen LogP contribution in [0, 0.1) is 0 Å². The molecule has 0 bridgehead atoms. The van der Waals surface area contributed by atoms with Crippen LogP contribution in [0.3, 0.4) is 0 Å². The quantitative estimate of drug-likeness (QED) is 0.701. The molecule has 1 aromatic heterocycles. The summed E-state index contributed by atoms with van der Waals surface area (Å²) in [5.74, 6) is -0.810. The lowest BCUT2D eigenvalue weighted by molar-refractivity contribution is -0.136. The highest BCUT2D eigenvalue weighted by atomic mass is 32.2. The first-order chi connectivity index (χ1) is 6.09. The highest BCUT2D eigenvalue weighted by Crippen LogP contribution is 2.21. The van der Waals surface area contributed by atoms with Crippen molar-refractivity contribution in [2.24, 2.45) is 7.05 Å². The number of tetrazole rings is 1. The fourth-order valence-corrected chi connectivity index (χ4v) is 1.65. The fraction of sp³-hybridized carbons (Fsp3) is 0.667. The zero-order valence-corrected chi connectivity index (χ0v) is 8.15. The number of aryl methyl sites for hydroxylation is 1. The summed E-state index contributed by atoms with van der Waals surface area (Å²) in [7, 11) is 1.72. The Bertz CT molecular complexity index is 301. The van der Waals surface area contributed by atoms with Gasteiger partial charge in [0.05, 0.1) is 6.42 Å². The van der Waals surface area contributed by atoms with Gasteiger partial charge in [0.25, 0.3) is 0 Å². The Labute approximate surface area is 79.3 Å². The molecular formula is C6H10N4O2S. The molecule has 1 heterocycles. The van der Waals surface area contributed by atoms with Crippen molar-refractivity contribution in [2.75, 3.05) is 0 Å².